The summed E-state index contributed by atoms with van der Waals surface area (Å²) in [6, 6.07) is 7.37. The predicted molar refractivity (Wildman–Crippen MR) is 73.4 cm³/mol. The van der Waals surface area contributed by atoms with Gasteiger partial charge in [0.25, 0.3) is 5.89 Å². The maximum atomic E-state index is 5.75. The zero-order valence-electron chi connectivity index (χ0n) is 11.5. The van der Waals surface area contributed by atoms with Gasteiger partial charge in [-0.05, 0) is 31.0 Å². The van der Waals surface area contributed by atoms with Gasteiger partial charge >= 0.3 is 0 Å². The minimum absolute atomic E-state index is 0.464. The van der Waals surface area contributed by atoms with Crippen molar-refractivity contribution >= 4 is 5.69 Å². The van der Waals surface area contributed by atoms with Crippen LogP contribution in [0.15, 0.2) is 28.8 Å². The molecule has 0 spiro atoms. The molecule has 0 radical (unpaired) electrons. The van der Waals surface area contributed by atoms with Crippen molar-refractivity contribution in [1.29, 1.82) is 0 Å². The van der Waals surface area contributed by atoms with Crippen LogP contribution >= 0.6 is 0 Å². The van der Waals surface area contributed by atoms with Crippen LogP contribution in [0.3, 0.4) is 0 Å². The molecule has 102 valence electrons. The first-order valence-corrected chi connectivity index (χ1v) is 6.40. The molecule has 0 aliphatic carbocycles. The number of aromatic nitrogens is 2. The second-order valence-electron chi connectivity index (χ2n) is 4.45. The summed E-state index contributed by atoms with van der Waals surface area (Å²) in [7, 11) is 1.67. The quantitative estimate of drug-likeness (QED) is 0.837. The average molecular weight is 261 g/mol. The van der Waals surface area contributed by atoms with E-state index in [1.54, 1.807) is 7.11 Å². The molecule has 5 heteroatoms. The van der Waals surface area contributed by atoms with Crippen LogP contribution < -0.4 is 5.73 Å². The average Bonchev–Trinajstić information content (AvgIpc) is 2.92. The molecule has 5 nitrogen and oxygen atoms in total. The van der Waals surface area contributed by atoms with Crippen molar-refractivity contribution in [3.05, 3.63) is 30.1 Å². The lowest BCUT2D eigenvalue weighted by Crippen LogP contribution is -2.28. The Morgan fingerprint density at radius 3 is 2.63 bits per heavy atom. The third-order valence-corrected chi connectivity index (χ3v) is 3.50. The molecule has 1 aromatic heterocycles. The standard InChI is InChI=1S/C14H19N3O2/c1-4-14(5-2,18-3)13-16-12(19-17-13)10-7-6-8-11(15)9-10/h6-9H,4-5,15H2,1-3H3. The third-order valence-electron chi connectivity index (χ3n) is 3.50. The van der Waals surface area contributed by atoms with Gasteiger partial charge in [0.15, 0.2) is 0 Å². The molecule has 0 unspecified atom stereocenters. The first-order valence-electron chi connectivity index (χ1n) is 6.40. The first-order chi connectivity index (χ1) is 9.15. The third kappa shape index (κ3) is 2.46. The van der Waals surface area contributed by atoms with Crippen molar-refractivity contribution in [3.63, 3.8) is 0 Å². The number of anilines is 1. The van der Waals surface area contributed by atoms with Crippen molar-refractivity contribution in [3.8, 4) is 11.5 Å². The number of nitrogens with zero attached hydrogens (tertiary/aromatic N) is 2. The summed E-state index contributed by atoms with van der Waals surface area (Å²) < 4.78 is 10.9. The Kier molecular flexibility index (Phi) is 3.85. The van der Waals surface area contributed by atoms with Crippen LogP contribution in [0.2, 0.25) is 0 Å². The summed E-state index contributed by atoms with van der Waals surface area (Å²) in [5.74, 6) is 1.04. The fourth-order valence-electron chi connectivity index (χ4n) is 2.14. The van der Waals surface area contributed by atoms with E-state index in [1.807, 2.05) is 38.1 Å². The van der Waals surface area contributed by atoms with E-state index in [9.17, 15) is 0 Å². The van der Waals surface area contributed by atoms with E-state index in [0.29, 0.717) is 17.4 Å². The van der Waals surface area contributed by atoms with Crippen LogP contribution in [0.25, 0.3) is 11.5 Å². The Bertz CT molecular complexity index is 539. The molecule has 0 aliphatic rings. The molecule has 0 bridgehead atoms. The molecular weight excluding hydrogens is 242 g/mol. The zero-order valence-corrected chi connectivity index (χ0v) is 11.5. The summed E-state index contributed by atoms with van der Waals surface area (Å²) >= 11 is 0. The monoisotopic (exact) mass is 261 g/mol. The molecule has 0 saturated heterocycles. The number of nitrogen functional groups attached to an aromatic ring is 1. The SMILES string of the molecule is CCC(CC)(OC)c1noc(-c2cccc(N)c2)n1. The molecule has 2 rings (SSSR count). The van der Waals surface area contributed by atoms with Gasteiger partial charge in [0.05, 0.1) is 0 Å². The van der Waals surface area contributed by atoms with E-state index < -0.39 is 5.60 Å². The lowest BCUT2D eigenvalue weighted by Gasteiger charge is -2.25. The van der Waals surface area contributed by atoms with Gasteiger partial charge < -0.3 is 15.0 Å². The van der Waals surface area contributed by atoms with Gasteiger partial charge in [-0.1, -0.05) is 25.1 Å². The van der Waals surface area contributed by atoms with Gasteiger partial charge in [0.1, 0.15) is 5.60 Å². The van der Waals surface area contributed by atoms with Crippen molar-refractivity contribution in [2.24, 2.45) is 0 Å². The van der Waals surface area contributed by atoms with Gasteiger partial charge in [0, 0.05) is 18.4 Å². The zero-order chi connectivity index (χ0) is 13.9. The summed E-state index contributed by atoms with van der Waals surface area (Å²) in [5.41, 5.74) is 6.75. The van der Waals surface area contributed by atoms with E-state index in [2.05, 4.69) is 10.1 Å². The largest absolute Gasteiger partial charge is 0.399 e. The molecule has 1 heterocycles. The number of hydrogen-bond donors (Lipinski definition) is 1. The van der Waals surface area contributed by atoms with Crippen LogP contribution in [-0.2, 0) is 10.3 Å². The molecule has 19 heavy (non-hydrogen) atoms. The lowest BCUT2D eigenvalue weighted by molar-refractivity contribution is -0.0306. The molecular formula is C14H19N3O2. The Labute approximate surface area is 112 Å². The van der Waals surface area contributed by atoms with Gasteiger partial charge in [-0.15, -0.1) is 0 Å². The fourth-order valence-corrected chi connectivity index (χ4v) is 2.14. The highest BCUT2D eigenvalue weighted by atomic mass is 16.5. The highest BCUT2D eigenvalue weighted by Gasteiger charge is 2.33. The molecule has 0 fully saturated rings. The molecule has 2 aromatic rings. The highest BCUT2D eigenvalue weighted by molar-refractivity contribution is 5.59. The summed E-state index contributed by atoms with van der Waals surface area (Å²) in [6.45, 7) is 4.09. The van der Waals surface area contributed by atoms with E-state index in [1.165, 1.54) is 0 Å². The van der Waals surface area contributed by atoms with Gasteiger partial charge in [-0.3, -0.25) is 0 Å². The Balaban J connectivity index is 2.38. The molecule has 2 N–H and O–H groups in total. The molecule has 0 aliphatic heterocycles. The van der Waals surface area contributed by atoms with E-state index in [4.69, 9.17) is 15.0 Å². The Morgan fingerprint density at radius 2 is 2.05 bits per heavy atom. The Morgan fingerprint density at radius 1 is 1.32 bits per heavy atom. The summed E-state index contributed by atoms with van der Waals surface area (Å²) in [6.07, 6.45) is 1.58. The van der Waals surface area contributed by atoms with Crippen LogP contribution in [0.5, 0.6) is 0 Å². The molecule has 1 aromatic carbocycles. The topological polar surface area (TPSA) is 74.2 Å². The van der Waals surface area contributed by atoms with Gasteiger partial charge in [0.2, 0.25) is 5.82 Å². The number of benzene rings is 1. The Hall–Kier alpha value is -1.88. The van der Waals surface area contributed by atoms with Crippen molar-refractivity contribution < 1.29 is 9.26 Å². The smallest absolute Gasteiger partial charge is 0.258 e. The lowest BCUT2D eigenvalue weighted by atomic mass is 9.96. The second kappa shape index (κ2) is 5.40. The van der Waals surface area contributed by atoms with Gasteiger partial charge in [-0.25, -0.2) is 0 Å². The molecule has 0 amide bonds. The first kappa shape index (κ1) is 13.5. The number of rotatable bonds is 5. The number of nitrogens with two attached hydrogens (primary N) is 1. The predicted octanol–water partition coefficient (Wildman–Crippen LogP) is 2.98. The number of ether oxygens (including phenoxy) is 1. The maximum Gasteiger partial charge on any atom is 0.258 e. The molecule has 0 saturated carbocycles. The summed E-state index contributed by atoms with van der Waals surface area (Å²) in [5, 5.41) is 4.06. The van der Waals surface area contributed by atoms with Crippen LogP contribution in [0.4, 0.5) is 5.69 Å². The van der Waals surface area contributed by atoms with Crippen LogP contribution in [-0.4, -0.2) is 17.3 Å². The molecule has 0 atom stereocenters. The fraction of sp³-hybridized carbons (Fsp3) is 0.429. The van der Waals surface area contributed by atoms with Crippen LogP contribution in [0.1, 0.15) is 32.5 Å². The minimum atomic E-state index is -0.484. The normalized spacial score (nSPS) is 11.7. The second-order valence-corrected chi connectivity index (χ2v) is 4.45. The van der Waals surface area contributed by atoms with E-state index in [-0.39, 0.29) is 0 Å². The number of hydrogen-bond acceptors (Lipinski definition) is 5. The highest BCUT2D eigenvalue weighted by Crippen LogP contribution is 2.31. The maximum absolute atomic E-state index is 5.75. The summed E-state index contributed by atoms with van der Waals surface area (Å²) in [4.78, 5) is 4.45. The van der Waals surface area contributed by atoms with Crippen molar-refractivity contribution in [2.45, 2.75) is 32.3 Å². The minimum Gasteiger partial charge on any atom is -0.399 e. The van der Waals surface area contributed by atoms with Crippen molar-refractivity contribution in [1.82, 2.24) is 10.1 Å². The van der Waals surface area contributed by atoms with E-state index in [0.717, 1.165) is 18.4 Å². The number of methoxy groups -OCH3 is 1. The van der Waals surface area contributed by atoms with Crippen LogP contribution in [0, 0.1) is 0 Å². The van der Waals surface area contributed by atoms with E-state index >= 15 is 0 Å². The van der Waals surface area contributed by atoms with Crippen molar-refractivity contribution in [2.75, 3.05) is 12.8 Å². The van der Waals surface area contributed by atoms with Gasteiger partial charge in [-0.2, -0.15) is 4.98 Å².